The lowest BCUT2D eigenvalue weighted by Gasteiger charge is -2.20. The van der Waals surface area contributed by atoms with Gasteiger partial charge in [-0.2, -0.15) is 11.8 Å². The van der Waals surface area contributed by atoms with E-state index in [-0.39, 0.29) is 5.82 Å². The van der Waals surface area contributed by atoms with Gasteiger partial charge in [-0.05, 0) is 37.1 Å². The minimum Gasteiger partial charge on any atom is -0.494 e. The fourth-order valence-corrected chi connectivity index (χ4v) is 3.03. The first-order valence-corrected chi connectivity index (χ1v) is 8.32. The average Bonchev–Trinajstić information content (AvgIpc) is 2.44. The highest BCUT2D eigenvalue weighted by Crippen LogP contribution is 2.20. The van der Waals surface area contributed by atoms with Gasteiger partial charge in [0.05, 0.1) is 7.11 Å². The Morgan fingerprint density at radius 3 is 2.65 bits per heavy atom. The van der Waals surface area contributed by atoms with Gasteiger partial charge < -0.3 is 10.1 Å². The third-order valence-corrected chi connectivity index (χ3v) is 4.85. The van der Waals surface area contributed by atoms with Crippen molar-refractivity contribution in [3.8, 4) is 5.75 Å². The lowest BCUT2D eigenvalue weighted by atomic mass is 10.1. The maximum Gasteiger partial charge on any atom is 0.165 e. The standard InChI is InChI=1S/C16H26FNOS/c1-5-12(3)20-11-14(18-6-2)9-13-7-8-16(19-4)15(17)10-13/h7-8,10,12,14,18H,5-6,9,11H2,1-4H3. The summed E-state index contributed by atoms with van der Waals surface area (Å²) in [4.78, 5) is 0. The SMILES string of the molecule is CCNC(CSC(C)CC)Cc1ccc(OC)c(F)c1. The molecule has 114 valence electrons. The molecule has 2 atom stereocenters. The van der Waals surface area contributed by atoms with Crippen LogP contribution in [-0.4, -0.2) is 30.7 Å². The predicted octanol–water partition coefficient (Wildman–Crippen LogP) is 3.89. The van der Waals surface area contributed by atoms with Crippen LogP contribution in [0.4, 0.5) is 4.39 Å². The highest BCUT2D eigenvalue weighted by atomic mass is 32.2. The Morgan fingerprint density at radius 1 is 1.35 bits per heavy atom. The largest absolute Gasteiger partial charge is 0.494 e. The average molecular weight is 299 g/mol. The van der Waals surface area contributed by atoms with Gasteiger partial charge in [-0.25, -0.2) is 4.39 Å². The van der Waals surface area contributed by atoms with Crippen LogP contribution in [0.3, 0.4) is 0 Å². The maximum atomic E-state index is 13.7. The number of rotatable bonds is 9. The van der Waals surface area contributed by atoms with Crippen LogP contribution in [0, 0.1) is 5.82 Å². The molecule has 1 N–H and O–H groups in total. The van der Waals surface area contributed by atoms with E-state index in [1.54, 1.807) is 12.1 Å². The number of likely N-dealkylation sites (N-methyl/N-ethyl adjacent to an activating group) is 1. The molecule has 0 heterocycles. The van der Waals surface area contributed by atoms with E-state index in [4.69, 9.17) is 4.74 Å². The molecule has 0 saturated heterocycles. The van der Waals surface area contributed by atoms with Crippen molar-refractivity contribution >= 4 is 11.8 Å². The number of nitrogens with one attached hydrogen (secondary N) is 1. The molecule has 0 aromatic heterocycles. The highest BCUT2D eigenvalue weighted by Gasteiger charge is 2.12. The number of halogens is 1. The predicted molar refractivity (Wildman–Crippen MR) is 86.3 cm³/mol. The van der Waals surface area contributed by atoms with Gasteiger partial charge in [0.1, 0.15) is 0 Å². The molecule has 0 fully saturated rings. The second-order valence-electron chi connectivity index (χ2n) is 4.98. The number of methoxy groups -OCH3 is 1. The van der Waals surface area contributed by atoms with Crippen LogP contribution >= 0.6 is 11.8 Å². The van der Waals surface area contributed by atoms with Gasteiger partial charge in [0.2, 0.25) is 0 Å². The topological polar surface area (TPSA) is 21.3 Å². The molecule has 0 saturated carbocycles. The highest BCUT2D eigenvalue weighted by molar-refractivity contribution is 7.99. The third kappa shape index (κ3) is 5.71. The summed E-state index contributed by atoms with van der Waals surface area (Å²) in [5.41, 5.74) is 1.01. The van der Waals surface area contributed by atoms with Gasteiger partial charge in [0, 0.05) is 17.0 Å². The quantitative estimate of drug-likeness (QED) is 0.747. The Balaban J connectivity index is 2.62. The van der Waals surface area contributed by atoms with Crippen LogP contribution in [0.25, 0.3) is 0 Å². The van der Waals surface area contributed by atoms with Crippen molar-refractivity contribution in [3.05, 3.63) is 29.6 Å². The second kappa shape index (κ2) is 9.24. The van der Waals surface area contributed by atoms with E-state index in [1.807, 2.05) is 17.8 Å². The summed E-state index contributed by atoms with van der Waals surface area (Å²) in [5, 5.41) is 4.15. The molecule has 1 aromatic rings. The molecule has 4 heteroatoms. The molecule has 0 aliphatic rings. The summed E-state index contributed by atoms with van der Waals surface area (Å²) >= 11 is 1.97. The van der Waals surface area contributed by atoms with Gasteiger partial charge in [0.15, 0.2) is 11.6 Å². The number of hydrogen-bond acceptors (Lipinski definition) is 3. The minimum absolute atomic E-state index is 0.283. The monoisotopic (exact) mass is 299 g/mol. The van der Waals surface area contributed by atoms with Gasteiger partial charge in [-0.1, -0.05) is 26.8 Å². The van der Waals surface area contributed by atoms with Crippen molar-refractivity contribution in [3.63, 3.8) is 0 Å². The Morgan fingerprint density at radius 2 is 2.10 bits per heavy atom. The number of ether oxygens (including phenoxy) is 1. The molecule has 0 aliphatic heterocycles. The summed E-state index contributed by atoms with van der Waals surface area (Å²) in [6, 6.07) is 5.61. The van der Waals surface area contributed by atoms with Crippen LogP contribution < -0.4 is 10.1 Å². The maximum absolute atomic E-state index is 13.7. The van der Waals surface area contributed by atoms with Crippen molar-refractivity contribution in [2.75, 3.05) is 19.4 Å². The van der Waals surface area contributed by atoms with E-state index in [0.29, 0.717) is 17.0 Å². The molecule has 2 nitrogen and oxygen atoms in total. The Kier molecular flexibility index (Phi) is 8.00. The smallest absolute Gasteiger partial charge is 0.165 e. The normalized spacial score (nSPS) is 14.1. The first-order chi connectivity index (χ1) is 9.60. The zero-order chi connectivity index (χ0) is 15.0. The minimum atomic E-state index is -0.283. The van der Waals surface area contributed by atoms with E-state index in [2.05, 4.69) is 26.1 Å². The van der Waals surface area contributed by atoms with Gasteiger partial charge in [-0.3, -0.25) is 0 Å². The first-order valence-electron chi connectivity index (χ1n) is 7.28. The van der Waals surface area contributed by atoms with Crippen LogP contribution in [-0.2, 0) is 6.42 Å². The number of benzene rings is 1. The molecular formula is C16H26FNOS. The molecule has 0 aliphatic carbocycles. The van der Waals surface area contributed by atoms with E-state index >= 15 is 0 Å². The fraction of sp³-hybridized carbons (Fsp3) is 0.625. The molecule has 0 radical (unpaired) electrons. The molecule has 2 unspecified atom stereocenters. The van der Waals surface area contributed by atoms with Crippen molar-refractivity contribution < 1.29 is 9.13 Å². The number of hydrogen-bond donors (Lipinski definition) is 1. The van der Waals surface area contributed by atoms with Crippen LogP contribution in [0.1, 0.15) is 32.8 Å². The first kappa shape index (κ1) is 17.3. The summed E-state index contributed by atoms with van der Waals surface area (Å²) in [6.07, 6.45) is 2.03. The Labute approximate surface area is 126 Å². The van der Waals surface area contributed by atoms with Crippen molar-refractivity contribution in [2.45, 2.75) is 44.9 Å². The van der Waals surface area contributed by atoms with Crippen molar-refractivity contribution in [1.29, 1.82) is 0 Å². The van der Waals surface area contributed by atoms with E-state index < -0.39 is 0 Å². The summed E-state index contributed by atoms with van der Waals surface area (Å²) in [6.45, 7) is 7.50. The second-order valence-corrected chi connectivity index (χ2v) is 6.45. The van der Waals surface area contributed by atoms with Gasteiger partial charge in [0.25, 0.3) is 0 Å². The molecule has 0 spiro atoms. The zero-order valence-corrected chi connectivity index (χ0v) is 13.7. The van der Waals surface area contributed by atoms with E-state index in [0.717, 1.165) is 24.3 Å². The van der Waals surface area contributed by atoms with Crippen molar-refractivity contribution in [1.82, 2.24) is 5.32 Å². The van der Waals surface area contributed by atoms with Gasteiger partial charge in [-0.15, -0.1) is 0 Å². The molecule has 0 bridgehead atoms. The fourth-order valence-electron chi connectivity index (χ4n) is 2.00. The summed E-state index contributed by atoms with van der Waals surface area (Å²) < 4.78 is 18.7. The van der Waals surface area contributed by atoms with E-state index in [9.17, 15) is 4.39 Å². The van der Waals surface area contributed by atoms with E-state index in [1.165, 1.54) is 13.5 Å². The van der Waals surface area contributed by atoms with Crippen LogP contribution in [0.5, 0.6) is 5.75 Å². The number of thioether (sulfide) groups is 1. The molecule has 1 aromatic carbocycles. The molecule has 1 rings (SSSR count). The lowest BCUT2D eigenvalue weighted by Crippen LogP contribution is -2.33. The van der Waals surface area contributed by atoms with Gasteiger partial charge >= 0.3 is 0 Å². The molecule has 20 heavy (non-hydrogen) atoms. The van der Waals surface area contributed by atoms with Crippen molar-refractivity contribution in [2.24, 2.45) is 0 Å². The Bertz CT molecular complexity index is 400. The molecule has 0 amide bonds. The third-order valence-electron chi connectivity index (χ3n) is 3.35. The zero-order valence-electron chi connectivity index (χ0n) is 12.9. The summed E-state index contributed by atoms with van der Waals surface area (Å²) in [7, 11) is 1.49. The van der Waals surface area contributed by atoms with Crippen LogP contribution in [0.15, 0.2) is 18.2 Å². The molecular weight excluding hydrogens is 273 g/mol. The summed E-state index contributed by atoms with van der Waals surface area (Å²) in [5.74, 6) is 1.08. The lowest BCUT2D eigenvalue weighted by molar-refractivity contribution is 0.386. The van der Waals surface area contributed by atoms with Crippen LogP contribution in [0.2, 0.25) is 0 Å². The Hall–Kier alpha value is -0.740.